The maximum Gasteiger partial charge on any atom is 0.308 e. The Hall–Kier alpha value is -1.14. The standard InChI is InChI=1S/C45H89NO5/c1-5-8-11-14-19-27-34-43(35-28-20-15-12-9-6-2)51-45(49)42(4)33-26-22-24-31-38-46(39-40-47)37-30-23-18-16-17-21-29-36-44(48)50-41-32-25-13-10-7-3/h42-43,47H,5-41H2,1-4H3. The van der Waals surface area contributed by atoms with Crippen molar-refractivity contribution in [3.8, 4) is 0 Å². The van der Waals surface area contributed by atoms with E-state index in [1.807, 2.05) is 0 Å². The highest BCUT2D eigenvalue weighted by molar-refractivity contribution is 5.72. The van der Waals surface area contributed by atoms with Crippen molar-refractivity contribution in [3.05, 3.63) is 0 Å². The largest absolute Gasteiger partial charge is 0.466 e. The maximum absolute atomic E-state index is 13.0. The summed E-state index contributed by atoms with van der Waals surface area (Å²) in [4.78, 5) is 27.3. The summed E-state index contributed by atoms with van der Waals surface area (Å²) in [5, 5.41) is 9.57. The Labute approximate surface area is 318 Å². The molecule has 0 amide bonds. The molecule has 0 rings (SSSR count). The molecule has 1 N–H and O–H groups in total. The molecule has 6 nitrogen and oxygen atoms in total. The first-order chi connectivity index (χ1) is 25.0. The summed E-state index contributed by atoms with van der Waals surface area (Å²) in [5.41, 5.74) is 0. The van der Waals surface area contributed by atoms with Crippen LogP contribution < -0.4 is 0 Å². The van der Waals surface area contributed by atoms with E-state index in [0.29, 0.717) is 13.0 Å². The SMILES string of the molecule is CCCCCCCCC(CCCCCCCC)OC(=O)C(C)CCCCCCN(CCO)CCCCCCCCCC(=O)OCCCCCCC. The molecule has 1 atom stereocenters. The molecule has 304 valence electrons. The van der Waals surface area contributed by atoms with Crippen molar-refractivity contribution in [1.29, 1.82) is 0 Å². The van der Waals surface area contributed by atoms with Gasteiger partial charge in [-0.05, 0) is 70.9 Å². The predicted molar refractivity (Wildman–Crippen MR) is 218 cm³/mol. The summed E-state index contributed by atoms with van der Waals surface area (Å²) in [6.07, 6.45) is 37.7. The lowest BCUT2D eigenvalue weighted by atomic mass is 10.0. The number of hydrogen-bond donors (Lipinski definition) is 1. The predicted octanol–water partition coefficient (Wildman–Crippen LogP) is 12.9. The Kier molecular flexibility index (Phi) is 39.2. The zero-order valence-corrected chi connectivity index (χ0v) is 34.8. The van der Waals surface area contributed by atoms with Crippen LogP contribution in [0.1, 0.15) is 233 Å². The van der Waals surface area contributed by atoms with Gasteiger partial charge in [-0.25, -0.2) is 0 Å². The summed E-state index contributed by atoms with van der Waals surface area (Å²) < 4.78 is 11.5. The molecular weight excluding hydrogens is 634 g/mol. The first-order valence-electron chi connectivity index (χ1n) is 22.7. The molecule has 0 fully saturated rings. The molecule has 0 aromatic heterocycles. The van der Waals surface area contributed by atoms with Gasteiger partial charge in [-0.15, -0.1) is 0 Å². The lowest BCUT2D eigenvalue weighted by Crippen LogP contribution is -2.29. The number of rotatable bonds is 41. The number of aliphatic hydroxyl groups excluding tert-OH is 1. The van der Waals surface area contributed by atoms with Gasteiger partial charge in [0.15, 0.2) is 0 Å². The third kappa shape index (κ3) is 35.6. The number of ether oxygens (including phenoxy) is 2. The third-order valence-electron chi connectivity index (χ3n) is 10.6. The summed E-state index contributed by atoms with van der Waals surface area (Å²) in [7, 11) is 0. The van der Waals surface area contributed by atoms with Gasteiger partial charge in [0.2, 0.25) is 0 Å². The maximum atomic E-state index is 13.0. The van der Waals surface area contributed by atoms with Crippen LogP contribution in [0.25, 0.3) is 0 Å². The molecule has 0 radical (unpaired) electrons. The van der Waals surface area contributed by atoms with Gasteiger partial charge >= 0.3 is 11.9 Å². The fraction of sp³-hybridized carbons (Fsp3) is 0.956. The summed E-state index contributed by atoms with van der Waals surface area (Å²) >= 11 is 0. The molecule has 0 aliphatic rings. The molecule has 51 heavy (non-hydrogen) atoms. The Morgan fingerprint density at radius 2 is 0.922 bits per heavy atom. The highest BCUT2D eigenvalue weighted by atomic mass is 16.5. The third-order valence-corrected chi connectivity index (χ3v) is 10.6. The van der Waals surface area contributed by atoms with Crippen molar-refractivity contribution in [2.75, 3.05) is 32.8 Å². The minimum atomic E-state index is -0.0230. The number of unbranched alkanes of at least 4 members (excludes halogenated alkanes) is 23. The van der Waals surface area contributed by atoms with Crippen molar-refractivity contribution >= 4 is 11.9 Å². The van der Waals surface area contributed by atoms with Crippen LogP contribution in [0.4, 0.5) is 0 Å². The number of carbonyl (C=O) groups excluding carboxylic acids is 2. The first-order valence-corrected chi connectivity index (χ1v) is 22.7. The van der Waals surface area contributed by atoms with Gasteiger partial charge in [0.1, 0.15) is 6.10 Å². The van der Waals surface area contributed by atoms with Gasteiger partial charge in [-0.2, -0.15) is 0 Å². The van der Waals surface area contributed by atoms with Crippen molar-refractivity contribution < 1.29 is 24.2 Å². The number of carbonyl (C=O) groups is 2. The van der Waals surface area contributed by atoms with Crippen LogP contribution in [0.2, 0.25) is 0 Å². The molecule has 0 spiro atoms. The molecule has 0 bridgehead atoms. The van der Waals surface area contributed by atoms with Crippen LogP contribution >= 0.6 is 0 Å². The molecule has 6 heteroatoms. The fourth-order valence-electron chi connectivity index (χ4n) is 7.03. The van der Waals surface area contributed by atoms with E-state index in [1.54, 1.807) is 0 Å². The van der Waals surface area contributed by atoms with E-state index in [-0.39, 0.29) is 30.6 Å². The van der Waals surface area contributed by atoms with Crippen molar-refractivity contribution in [1.82, 2.24) is 4.90 Å². The van der Waals surface area contributed by atoms with Crippen LogP contribution in [-0.2, 0) is 19.1 Å². The van der Waals surface area contributed by atoms with E-state index in [0.717, 1.165) is 83.8 Å². The Morgan fingerprint density at radius 1 is 0.510 bits per heavy atom. The zero-order valence-electron chi connectivity index (χ0n) is 34.8. The molecule has 0 saturated carbocycles. The normalized spacial score (nSPS) is 12.2. The van der Waals surface area contributed by atoms with Crippen LogP contribution in [-0.4, -0.2) is 60.9 Å². The minimum Gasteiger partial charge on any atom is -0.466 e. The van der Waals surface area contributed by atoms with E-state index in [1.165, 1.54) is 135 Å². The molecular formula is C45H89NO5. The monoisotopic (exact) mass is 724 g/mol. The van der Waals surface area contributed by atoms with Gasteiger partial charge < -0.3 is 19.5 Å². The Balaban J connectivity index is 4.04. The topological polar surface area (TPSA) is 76.1 Å². The second kappa shape index (κ2) is 40.1. The average molecular weight is 724 g/mol. The van der Waals surface area contributed by atoms with Gasteiger partial charge in [-0.1, -0.05) is 169 Å². The van der Waals surface area contributed by atoms with E-state index in [9.17, 15) is 14.7 Å². The molecule has 1 unspecified atom stereocenters. The molecule has 0 aromatic rings. The van der Waals surface area contributed by atoms with E-state index >= 15 is 0 Å². The van der Waals surface area contributed by atoms with E-state index in [2.05, 4.69) is 32.6 Å². The second-order valence-corrected chi connectivity index (χ2v) is 15.7. The minimum absolute atomic E-state index is 0.0149. The average Bonchev–Trinajstić information content (AvgIpc) is 3.12. The second-order valence-electron chi connectivity index (χ2n) is 15.7. The molecule has 0 saturated heterocycles. The quantitative estimate of drug-likeness (QED) is 0.0500. The van der Waals surface area contributed by atoms with Crippen LogP contribution in [0, 0.1) is 5.92 Å². The van der Waals surface area contributed by atoms with Crippen molar-refractivity contribution in [2.24, 2.45) is 5.92 Å². The van der Waals surface area contributed by atoms with E-state index in [4.69, 9.17) is 9.47 Å². The molecule has 0 aromatic carbocycles. The first kappa shape index (κ1) is 49.9. The molecule has 0 heterocycles. The van der Waals surface area contributed by atoms with Crippen molar-refractivity contribution in [3.63, 3.8) is 0 Å². The number of nitrogens with zero attached hydrogens (tertiary/aromatic N) is 1. The summed E-state index contributed by atoms with van der Waals surface area (Å²) in [6.45, 7) is 12.5. The summed E-state index contributed by atoms with van der Waals surface area (Å²) in [6, 6.07) is 0. The lowest BCUT2D eigenvalue weighted by molar-refractivity contribution is -0.154. The van der Waals surface area contributed by atoms with Crippen molar-refractivity contribution in [2.45, 2.75) is 239 Å². The lowest BCUT2D eigenvalue weighted by Gasteiger charge is -2.21. The van der Waals surface area contributed by atoms with E-state index < -0.39 is 0 Å². The van der Waals surface area contributed by atoms with Crippen LogP contribution in [0.3, 0.4) is 0 Å². The zero-order chi connectivity index (χ0) is 37.5. The number of esters is 2. The Morgan fingerprint density at radius 3 is 1.41 bits per heavy atom. The molecule has 0 aliphatic carbocycles. The molecule has 0 aliphatic heterocycles. The van der Waals surface area contributed by atoms with Gasteiger partial charge in [0.25, 0.3) is 0 Å². The smallest absolute Gasteiger partial charge is 0.308 e. The van der Waals surface area contributed by atoms with Crippen LogP contribution in [0.15, 0.2) is 0 Å². The highest BCUT2D eigenvalue weighted by Gasteiger charge is 2.19. The number of hydrogen-bond acceptors (Lipinski definition) is 6. The summed E-state index contributed by atoms with van der Waals surface area (Å²) in [5.74, 6) is -0.0152. The highest BCUT2D eigenvalue weighted by Crippen LogP contribution is 2.20. The van der Waals surface area contributed by atoms with Gasteiger partial charge in [0, 0.05) is 13.0 Å². The van der Waals surface area contributed by atoms with Crippen LogP contribution in [0.5, 0.6) is 0 Å². The Bertz CT molecular complexity index is 715. The van der Waals surface area contributed by atoms with Gasteiger partial charge in [0.05, 0.1) is 19.1 Å². The number of aliphatic hydroxyl groups is 1. The fourth-order valence-corrected chi connectivity index (χ4v) is 7.03. The van der Waals surface area contributed by atoms with Gasteiger partial charge in [-0.3, -0.25) is 9.59 Å².